The average molecular weight is 342 g/mol. The van der Waals surface area contributed by atoms with Gasteiger partial charge in [-0.05, 0) is 41.9 Å². The second-order valence-corrected chi connectivity index (χ2v) is 5.08. The van der Waals surface area contributed by atoms with Gasteiger partial charge in [0.1, 0.15) is 0 Å². The van der Waals surface area contributed by atoms with E-state index in [0.29, 0.717) is 28.9 Å². The molecule has 6 heteroatoms. The molecule has 108 valence electrons. The summed E-state index contributed by atoms with van der Waals surface area (Å²) in [5.41, 5.74) is 1.00. The molecule has 5 nitrogen and oxygen atoms in total. The van der Waals surface area contributed by atoms with Crippen LogP contribution in [0, 0.1) is 0 Å². The summed E-state index contributed by atoms with van der Waals surface area (Å²) in [6.45, 7) is 4.86. The number of ketones is 1. The van der Waals surface area contributed by atoms with Crippen molar-refractivity contribution in [3.8, 4) is 0 Å². The number of amides is 1. The molecule has 0 aromatic heterocycles. The van der Waals surface area contributed by atoms with E-state index in [9.17, 15) is 9.59 Å². The zero-order chi connectivity index (χ0) is 14.7. The quantitative estimate of drug-likeness (QED) is 0.588. The van der Waals surface area contributed by atoms with Gasteiger partial charge in [-0.3, -0.25) is 14.5 Å². The number of fused-ring (bicyclic) bond motifs is 1. The lowest BCUT2D eigenvalue weighted by Crippen LogP contribution is -2.39. The number of carbonyl (C=O) groups is 2. The van der Waals surface area contributed by atoms with E-state index in [1.807, 2.05) is 13.8 Å². The van der Waals surface area contributed by atoms with Crippen LogP contribution in [0.3, 0.4) is 0 Å². The molecule has 1 aliphatic rings. The molecule has 0 spiro atoms. The third-order valence-corrected chi connectivity index (χ3v) is 3.62. The number of Topliss-reactive ketones (excluding diaryl/α,β-unsaturated/α-hetero) is 1. The van der Waals surface area contributed by atoms with E-state index >= 15 is 0 Å². The van der Waals surface area contributed by atoms with Gasteiger partial charge < -0.3 is 9.47 Å². The molecule has 1 aliphatic heterocycles. The number of anilines is 1. The van der Waals surface area contributed by atoms with E-state index in [4.69, 9.17) is 9.47 Å². The first-order chi connectivity index (χ1) is 9.60. The van der Waals surface area contributed by atoms with E-state index in [-0.39, 0.29) is 6.54 Å². The molecular formula is C14H16BrNO4. The molecule has 0 N–H and O–H groups in total. The highest BCUT2D eigenvalue weighted by molar-refractivity contribution is 9.10. The van der Waals surface area contributed by atoms with Crippen LogP contribution in [0.5, 0.6) is 0 Å². The first-order valence-electron chi connectivity index (χ1n) is 6.48. The zero-order valence-corrected chi connectivity index (χ0v) is 13.0. The SMILES string of the molecule is CCOC(CN1C(=O)C(=O)c2cccc(Br)c21)OCC. The summed E-state index contributed by atoms with van der Waals surface area (Å²) in [7, 11) is 0. The summed E-state index contributed by atoms with van der Waals surface area (Å²) in [5.74, 6) is -1.04. The maximum atomic E-state index is 12.1. The fourth-order valence-electron chi connectivity index (χ4n) is 2.16. The van der Waals surface area contributed by atoms with Crippen molar-refractivity contribution in [1.82, 2.24) is 0 Å². The van der Waals surface area contributed by atoms with E-state index in [0.717, 1.165) is 0 Å². The molecule has 0 saturated carbocycles. The number of ether oxygens (including phenoxy) is 2. The number of benzene rings is 1. The van der Waals surface area contributed by atoms with Crippen molar-refractivity contribution in [3.05, 3.63) is 28.2 Å². The van der Waals surface area contributed by atoms with Crippen molar-refractivity contribution in [3.63, 3.8) is 0 Å². The number of hydrogen-bond donors (Lipinski definition) is 0. The van der Waals surface area contributed by atoms with Gasteiger partial charge in [0.25, 0.3) is 11.7 Å². The molecule has 0 saturated heterocycles. The van der Waals surface area contributed by atoms with Crippen molar-refractivity contribution >= 4 is 33.3 Å². The maximum absolute atomic E-state index is 12.1. The molecule has 0 fully saturated rings. The minimum Gasteiger partial charge on any atom is -0.351 e. The van der Waals surface area contributed by atoms with Crippen LogP contribution in [0.1, 0.15) is 24.2 Å². The molecule has 2 rings (SSSR count). The van der Waals surface area contributed by atoms with Crippen molar-refractivity contribution < 1.29 is 19.1 Å². The molecule has 0 bridgehead atoms. The second-order valence-electron chi connectivity index (χ2n) is 4.22. The van der Waals surface area contributed by atoms with E-state index in [1.165, 1.54) is 4.90 Å². The van der Waals surface area contributed by atoms with Gasteiger partial charge in [-0.2, -0.15) is 0 Å². The number of para-hydroxylation sites is 1. The minimum atomic E-state index is -0.545. The van der Waals surface area contributed by atoms with Crippen LogP contribution in [0.2, 0.25) is 0 Å². The highest BCUT2D eigenvalue weighted by atomic mass is 79.9. The predicted molar refractivity (Wildman–Crippen MR) is 77.9 cm³/mol. The summed E-state index contributed by atoms with van der Waals surface area (Å²) in [5, 5.41) is 0. The Bertz CT molecular complexity index is 526. The summed E-state index contributed by atoms with van der Waals surface area (Å²) >= 11 is 3.38. The monoisotopic (exact) mass is 341 g/mol. The molecule has 1 amide bonds. The maximum Gasteiger partial charge on any atom is 0.299 e. The lowest BCUT2D eigenvalue weighted by molar-refractivity contribution is -0.134. The molecule has 20 heavy (non-hydrogen) atoms. The van der Waals surface area contributed by atoms with Crippen LogP contribution in [0.15, 0.2) is 22.7 Å². The van der Waals surface area contributed by atoms with Gasteiger partial charge in [-0.15, -0.1) is 0 Å². The second kappa shape index (κ2) is 6.47. The minimum absolute atomic E-state index is 0.196. The lowest BCUT2D eigenvalue weighted by atomic mass is 10.1. The number of hydrogen-bond acceptors (Lipinski definition) is 4. The van der Waals surface area contributed by atoms with Crippen LogP contribution >= 0.6 is 15.9 Å². The molecule has 1 aromatic rings. The Hall–Kier alpha value is -1.24. The fraction of sp³-hybridized carbons (Fsp3) is 0.429. The van der Waals surface area contributed by atoms with Crippen LogP contribution < -0.4 is 4.90 Å². The number of halogens is 1. The van der Waals surface area contributed by atoms with Gasteiger partial charge in [0.05, 0.1) is 17.8 Å². The third-order valence-electron chi connectivity index (χ3n) is 2.98. The van der Waals surface area contributed by atoms with E-state index in [1.54, 1.807) is 18.2 Å². The van der Waals surface area contributed by atoms with Gasteiger partial charge in [-0.25, -0.2) is 0 Å². The Labute approximate surface area is 126 Å². The predicted octanol–water partition coefficient (Wildman–Crippen LogP) is 2.38. The summed E-state index contributed by atoms with van der Waals surface area (Å²) in [6, 6.07) is 5.19. The van der Waals surface area contributed by atoms with Crippen molar-refractivity contribution in [2.75, 3.05) is 24.7 Å². The summed E-state index contributed by atoms with van der Waals surface area (Å²) in [4.78, 5) is 25.5. The van der Waals surface area contributed by atoms with Crippen molar-refractivity contribution in [2.45, 2.75) is 20.1 Å². The van der Waals surface area contributed by atoms with Crippen LogP contribution in [-0.2, 0) is 14.3 Å². The van der Waals surface area contributed by atoms with Gasteiger partial charge in [0, 0.05) is 17.7 Å². The molecule has 0 aliphatic carbocycles. The molecule has 0 unspecified atom stereocenters. The normalized spacial score (nSPS) is 14.3. The Morgan fingerprint density at radius 3 is 2.45 bits per heavy atom. The van der Waals surface area contributed by atoms with E-state index in [2.05, 4.69) is 15.9 Å². The van der Waals surface area contributed by atoms with Gasteiger partial charge >= 0.3 is 0 Å². The fourth-order valence-corrected chi connectivity index (χ4v) is 2.74. The molecular weight excluding hydrogens is 326 g/mol. The van der Waals surface area contributed by atoms with Crippen LogP contribution in [-0.4, -0.2) is 37.7 Å². The Kier molecular flexibility index (Phi) is 4.91. The summed E-state index contributed by atoms with van der Waals surface area (Å²) in [6.07, 6.45) is -0.542. The topological polar surface area (TPSA) is 55.8 Å². The largest absolute Gasteiger partial charge is 0.351 e. The Morgan fingerprint density at radius 1 is 1.20 bits per heavy atom. The van der Waals surface area contributed by atoms with E-state index < -0.39 is 18.0 Å². The zero-order valence-electron chi connectivity index (χ0n) is 11.4. The third kappa shape index (κ3) is 2.77. The Morgan fingerprint density at radius 2 is 1.85 bits per heavy atom. The highest BCUT2D eigenvalue weighted by Gasteiger charge is 2.38. The number of rotatable bonds is 6. The first kappa shape index (κ1) is 15.2. The van der Waals surface area contributed by atoms with Gasteiger partial charge in [0.15, 0.2) is 6.29 Å². The molecule has 0 atom stereocenters. The van der Waals surface area contributed by atoms with Crippen LogP contribution in [0.25, 0.3) is 0 Å². The lowest BCUT2D eigenvalue weighted by Gasteiger charge is -2.24. The smallest absolute Gasteiger partial charge is 0.299 e. The number of nitrogens with zero attached hydrogens (tertiary/aromatic N) is 1. The highest BCUT2D eigenvalue weighted by Crippen LogP contribution is 2.36. The number of carbonyl (C=O) groups excluding carboxylic acids is 2. The van der Waals surface area contributed by atoms with Gasteiger partial charge in [0.2, 0.25) is 0 Å². The average Bonchev–Trinajstić information content (AvgIpc) is 2.66. The van der Waals surface area contributed by atoms with Crippen molar-refractivity contribution in [1.29, 1.82) is 0 Å². The summed E-state index contributed by atoms with van der Waals surface area (Å²) < 4.78 is 11.6. The molecule has 1 aromatic carbocycles. The van der Waals surface area contributed by atoms with Crippen molar-refractivity contribution in [2.24, 2.45) is 0 Å². The standard InChI is InChI=1S/C14H16BrNO4/c1-3-19-11(20-4-2)8-16-12-9(13(17)14(16)18)6-5-7-10(12)15/h5-7,11H,3-4,8H2,1-2H3. The molecule has 0 radical (unpaired) electrons. The van der Waals surface area contributed by atoms with Crippen LogP contribution in [0.4, 0.5) is 5.69 Å². The molecule has 1 heterocycles. The Balaban J connectivity index is 2.29. The van der Waals surface area contributed by atoms with Gasteiger partial charge in [-0.1, -0.05) is 6.07 Å². The first-order valence-corrected chi connectivity index (χ1v) is 7.27.